The van der Waals surface area contributed by atoms with Crippen molar-refractivity contribution in [1.29, 1.82) is 5.26 Å². The van der Waals surface area contributed by atoms with Gasteiger partial charge < -0.3 is 14.8 Å². The Morgan fingerprint density at radius 2 is 2.35 bits per heavy atom. The summed E-state index contributed by atoms with van der Waals surface area (Å²) in [6.07, 6.45) is 2.38. The zero-order chi connectivity index (χ0) is 12.9. The van der Waals surface area contributed by atoms with Crippen molar-refractivity contribution in [3.63, 3.8) is 0 Å². The molecule has 1 atom stereocenters. The number of nitriles is 1. The predicted octanol–water partition coefficient (Wildman–Crippen LogP) is 2.10. The molecule has 0 aromatic rings. The SMILES string of the molecule is CC(C)(C)OC(=O)NC1CC/C(=C/C#N)OC1. The van der Waals surface area contributed by atoms with E-state index in [0.717, 1.165) is 6.42 Å². The van der Waals surface area contributed by atoms with E-state index in [2.05, 4.69) is 5.32 Å². The molecule has 0 spiro atoms. The highest BCUT2D eigenvalue weighted by molar-refractivity contribution is 5.68. The third-order valence-electron chi connectivity index (χ3n) is 2.16. The Labute approximate surface area is 101 Å². The minimum absolute atomic E-state index is 0.0549. The van der Waals surface area contributed by atoms with E-state index in [1.54, 1.807) is 0 Å². The summed E-state index contributed by atoms with van der Waals surface area (Å²) >= 11 is 0. The smallest absolute Gasteiger partial charge is 0.407 e. The van der Waals surface area contributed by atoms with Crippen LogP contribution in [0.25, 0.3) is 0 Å². The van der Waals surface area contributed by atoms with Crippen molar-refractivity contribution >= 4 is 6.09 Å². The van der Waals surface area contributed by atoms with Gasteiger partial charge in [-0.05, 0) is 27.2 Å². The van der Waals surface area contributed by atoms with Crippen LogP contribution in [0.3, 0.4) is 0 Å². The monoisotopic (exact) mass is 238 g/mol. The minimum atomic E-state index is -0.495. The Morgan fingerprint density at radius 1 is 1.65 bits per heavy atom. The summed E-state index contributed by atoms with van der Waals surface area (Å²) in [7, 11) is 0. The molecule has 5 nitrogen and oxygen atoms in total. The summed E-state index contributed by atoms with van der Waals surface area (Å²) in [5.41, 5.74) is -0.495. The molecule has 1 aliphatic rings. The van der Waals surface area contributed by atoms with E-state index >= 15 is 0 Å². The van der Waals surface area contributed by atoms with Crippen LogP contribution < -0.4 is 5.32 Å². The normalized spacial score (nSPS) is 22.5. The Morgan fingerprint density at radius 3 is 2.82 bits per heavy atom. The van der Waals surface area contributed by atoms with Gasteiger partial charge in [-0.2, -0.15) is 5.26 Å². The van der Waals surface area contributed by atoms with Crippen molar-refractivity contribution in [2.45, 2.75) is 45.3 Å². The number of carbonyl (C=O) groups is 1. The van der Waals surface area contributed by atoms with Gasteiger partial charge in [0, 0.05) is 6.42 Å². The van der Waals surface area contributed by atoms with E-state index in [4.69, 9.17) is 14.7 Å². The van der Waals surface area contributed by atoms with Gasteiger partial charge in [0.2, 0.25) is 0 Å². The average Bonchev–Trinajstić information content (AvgIpc) is 2.18. The summed E-state index contributed by atoms with van der Waals surface area (Å²) in [4.78, 5) is 11.5. The highest BCUT2D eigenvalue weighted by Gasteiger charge is 2.22. The van der Waals surface area contributed by atoms with Crippen LogP contribution in [-0.4, -0.2) is 24.3 Å². The Bertz CT molecular complexity index is 340. The third kappa shape index (κ3) is 5.25. The van der Waals surface area contributed by atoms with Gasteiger partial charge in [0.1, 0.15) is 18.0 Å². The number of allylic oxidation sites excluding steroid dienone is 2. The van der Waals surface area contributed by atoms with E-state index in [9.17, 15) is 4.79 Å². The molecule has 1 rings (SSSR count). The summed E-state index contributed by atoms with van der Waals surface area (Å²) in [5.74, 6) is 0.676. The third-order valence-corrected chi connectivity index (χ3v) is 2.16. The Balaban J connectivity index is 2.34. The molecule has 0 aliphatic carbocycles. The lowest BCUT2D eigenvalue weighted by molar-refractivity contribution is 0.0438. The van der Waals surface area contributed by atoms with E-state index in [-0.39, 0.29) is 6.04 Å². The molecule has 0 aromatic heterocycles. The van der Waals surface area contributed by atoms with Crippen molar-refractivity contribution in [3.8, 4) is 6.07 Å². The zero-order valence-electron chi connectivity index (χ0n) is 10.4. The number of nitrogens with one attached hydrogen (secondary N) is 1. The maximum atomic E-state index is 11.5. The number of nitrogens with zero attached hydrogens (tertiary/aromatic N) is 1. The van der Waals surface area contributed by atoms with E-state index in [1.807, 2.05) is 26.8 Å². The molecule has 94 valence electrons. The summed E-state index contributed by atoms with van der Waals surface area (Å²) in [6, 6.07) is 1.87. The molecule has 5 heteroatoms. The average molecular weight is 238 g/mol. The number of hydrogen-bond acceptors (Lipinski definition) is 4. The van der Waals surface area contributed by atoms with Crippen LogP contribution in [0.1, 0.15) is 33.6 Å². The predicted molar refractivity (Wildman–Crippen MR) is 62.0 cm³/mol. The standard InChI is InChI=1S/C12H18N2O3/c1-12(2,3)17-11(15)14-9-4-5-10(6-7-13)16-8-9/h6,9H,4-5,8H2,1-3H3,(H,14,15)/b10-6-. The van der Waals surface area contributed by atoms with Gasteiger partial charge in [-0.25, -0.2) is 4.79 Å². The number of amides is 1. The van der Waals surface area contributed by atoms with Crippen molar-refractivity contribution in [3.05, 3.63) is 11.8 Å². The van der Waals surface area contributed by atoms with Crippen LogP contribution in [0.15, 0.2) is 11.8 Å². The van der Waals surface area contributed by atoms with E-state index in [0.29, 0.717) is 18.8 Å². The molecule has 0 radical (unpaired) electrons. The van der Waals surface area contributed by atoms with Gasteiger partial charge in [-0.15, -0.1) is 0 Å². The molecule has 1 saturated heterocycles. The quantitative estimate of drug-likeness (QED) is 0.710. The molecule has 1 aliphatic heterocycles. The van der Waals surface area contributed by atoms with Crippen molar-refractivity contribution in [1.82, 2.24) is 5.32 Å². The van der Waals surface area contributed by atoms with Gasteiger partial charge in [0.25, 0.3) is 0 Å². The second kappa shape index (κ2) is 5.58. The first kappa shape index (κ1) is 13.4. The molecule has 1 unspecified atom stereocenters. The second-order valence-electron chi connectivity index (χ2n) is 4.93. The molecular formula is C12H18N2O3. The van der Waals surface area contributed by atoms with Crippen LogP contribution >= 0.6 is 0 Å². The fourth-order valence-electron chi connectivity index (χ4n) is 1.45. The van der Waals surface area contributed by atoms with Crippen LogP contribution in [-0.2, 0) is 9.47 Å². The summed E-state index contributed by atoms with van der Waals surface area (Å²) in [6.45, 7) is 5.83. The number of carbonyl (C=O) groups excluding carboxylic acids is 1. The van der Waals surface area contributed by atoms with Crippen LogP contribution in [0.4, 0.5) is 4.79 Å². The zero-order valence-corrected chi connectivity index (χ0v) is 10.4. The second-order valence-corrected chi connectivity index (χ2v) is 4.93. The van der Waals surface area contributed by atoms with Gasteiger partial charge >= 0.3 is 6.09 Å². The van der Waals surface area contributed by atoms with Crippen LogP contribution in [0.2, 0.25) is 0 Å². The first-order valence-corrected chi connectivity index (χ1v) is 5.61. The summed E-state index contributed by atoms with van der Waals surface area (Å²) in [5, 5.41) is 11.2. The first-order valence-electron chi connectivity index (χ1n) is 5.61. The van der Waals surface area contributed by atoms with Crippen LogP contribution in [0, 0.1) is 11.3 Å². The van der Waals surface area contributed by atoms with E-state index in [1.165, 1.54) is 6.08 Å². The lowest BCUT2D eigenvalue weighted by Crippen LogP contribution is -2.42. The topological polar surface area (TPSA) is 71.3 Å². The van der Waals surface area contributed by atoms with Crippen molar-refractivity contribution < 1.29 is 14.3 Å². The Hall–Kier alpha value is -1.70. The molecule has 1 heterocycles. The molecule has 1 amide bonds. The molecule has 17 heavy (non-hydrogen) atoms. The number of hydrogen-bond donors (Lipinski definition) is 1. The molecular weight excluding hydrogens is 220 g/mol. The number of alkyl carbamates (subject to hydrolysis) is 1. The molecule has 0 bridgehead atoms. The maximum Gasteiger partial charge on any atom is 0.407 e. The molecule has 0 saturated carbocycles. The minimum Gasteiger partial charge on any atom is -0.495 e. The van der Waals surface area contributed by atoms with Gasteiger partial charge in [-0.1, -0.05) is 0 Å². The number of ether oxygens (including phenoxy) is 2. The van der Waals surface area contributed by atoms with E-state index < -0.39 is 11.7 Å². The fourth-order valence-corrected chi connectivity index (χ4v) is 1.45. The maximum absolute atomic E-state index is 11.5. The largest absolute Gasteiger partial charge is 0.495 e. The van der Waals surface area contributed by atoms with Crippen LogP contribution in [0.5, 0.6) is 0 Å². The molecule has 1 N–H and O–H groups in total. The van der Waals surface area contributed by atoms with Crippen molar-refractivity contribution in [2.75, 3.05) is 6.61 Å². The van der Waals surface area contributed by atoms with Gasteiger partial charge in [0.15, 0.2) is 0 Å². The van der Waals surface area contributed by atoms with Gasteiger partial charge in [-0.3, -0.25) is 0 Å². The number of rotatable bonds is 1. The first-order chi connectivity index (χ1) is 7.90. The fraction of sp³-hybridized carbons (Fsp3) is 0.667. The molecule has 0 aromatic carbocycles. The lowest BCUT2D eigenvalue weighted by Gasteiger charge is -2.27. The highest BCUT2D eigenvalue weighted by atomic mass is 16.6. The van der Waals surface area contributed by atoms with Crippen molar-refractivity contribution in [2.24, 2.45) is 0 Å². The van der Waals surface area contributed by atoms with Gasteiger partial charge in [0.05, 0.1) is 18.2 Å². The molecule has 1 fully saturated rings. The highest BCUT2D eigenvalue weighted by Crippen LogP contribution is 2.17. The Kier molecular flexibility index (Phi) is 4.38. The lowest BCUT2D eigenvalue weighted by atomic mass is 10.1. The summed E-state index contributed by atoms with van der Waals surface area (Å²) < 4.78 is 10.5.